The van der Waals surface area contributed by atoms with E-state index in [-0.39, 0.29) is 24.0 Å². The van der Waals surface area contributed by atoms with E-state index in [1.165, 1.54) is 4.90 Å². The maximum absolute atomic E-state index is 15.1. The largest absolute Gasteiger partial charge is 0.508 e. The lowest BCUT2D eigenvalue weighted by atomic mass is 9.49. The maximum atomic E-state index is 15.1. The number of carbonyl (C=O) groups is 4. The van der Waals surface area contributed by atoms with Gasteiger partial charge in [-0.15, -0.1) is 0 Å². The highest BCUT2D eigenvalue weighted by Gasteiger charge is 2.70. The Morgan fingerprint density at radius 3 is 2.25 bits per heavy atom. The number of rotatable bonds is 5. The second-order valence-corrected chi connectivity index (χ2v) is 13.6. The van der Waals surface area contributed by atoms with E-state index in [0.717, 1.165) is 16.1 Å². The number of amides is 4. The Kier molecular flexibility index (Phi) is 7.03. The van der Waals surface area contributed by atoms with Crippen LogP contribution in [0.2, 0.25) is 5.02 Å². The minimum atomic E-state index is -1.39. The molecule has 1 saturated carbocycles. The van der Waals surface area contributed by atoms with Crippen LogP contribution in [0.3, 0.4) is 0 Å². The number of nitrogens with zero attached hydrogens (tertiary/aromatic N) is 2. The van der Waals surface area contributed by atoms with E-state index < -0.39 is 46.8 Å². The lowest BCUT2D eigenvalue weighted by molar-refractivity contribution is -0.138. The van der Waals surface area contributed by atoms with Crippen LogP contribution in [-0.2, 0) is 24.6 Å². The van der Waals surface area contributed by atoms with Crippen LogP contribution in [-0.4, -0.2) is 33.7 Å². The number of hydrazine groups is 1. The number of halogens is 1. The molecule has 0 aromatic heterocycles. The van der Waals surface area contributed by atoms with Crippen LogP contribution < -0.4 is 10.3 Å². The summed E-state index contributed by atoms with van der Waals surface area (Å²) >= 11 is 6.12. The minimum absolute atomic E-state index is 0.0242. The normalized spacial score (nSPS) is 27.8. The molecule has 8 rings (SSSR count). The van der Waals surface area contributed by atoms with E-state index in [0.29, 0.717) is 33.9 Å². The highest BCUT2D eigenvalue weighted by atomic mass is 35.5. The van der Waals surface area contributed by atoms with Crippen LogP contribution in [0, 0.1) is 30.6 Å². The molecule has 3 fully saturated rings. The number of anilines is 2. The average molecular weight is 658 g/mol. The van der Waals surface area contributed by atoms with Gasteiger partial charge in [-0.1, -0.05) is 83.4 Å². The first kappa shape index (κ1) is 30.1. The van der Waals surface area contributed by atoms with Crippen LogP contribution in [0.25, 0.3) is 0 Å². The SMILES string of the molecule is Cc1ccc(NN2C(=O)[C@@H]3C[C@@H]4C(=CC[C@@H]5C(=O)N(c6ccc(Cl)cc6)C(=O)[C@@H]54)[C@H](c4cccc(O)c4)[C@]3(c3ccccc3)C2=O)cc1. The first-order valence-electron chi connectivity index (χ1n) is 16.1. The van der Waals surface area contributed by atoms with Gasteiger partial charge in [0.15, 0.2) is 0 Å². The fraction of sp³-hybridized carbons (Fsp3) is 0.231. The number of aromatic hydroxyl groups is 1. The Morgan fingerprint density at radius 1 is 0.812 bits per heavy atom. The van der Waals surface area contributed by atoms with E-state index in [9.17, 15) is 19.5 Å². The van der Waals surface area contributed by atoms with Crippen LogP contribution in [0.4, 0.5) is 11.4 Å². The molecule has 2 saturated heterocycles. The summed E-state index contributed by atoms with van der Waals surface area (Å²) in [6, 6.07) is 30.2. The van der Waals surface area contributed by atoms with Gasteiger partial charge in [0, 0.05) is 10.9 Å². The summed E-state index contributed by atoms with van der Waals surface area (Å²) in [6.07, 6.45) is 2.51. The molecular formula is C39H32ClN3O5. The molecule has 2 heterocycles. The van der Waals surface area contributed by atoms with Crippen molar-refractivity contribution in [1.29, 1.82) is 0 Å². The predicted octanol–water partition coefficient (Wildman–Crippen LogP) is 6.54. The molecule has 8 nitrogen and oxygen atoms in total. The highest BCUT2D eigenvalue weighted by molar-refractivity contribution is 6.31. The molecule has 2 aliphatic carbocycles. The number of hydrogen-bond donors (Lipinski definition) is 2. The number of phenolic OH excluding ortho intramolecular Hbond substituents is 1. The molecule has 0 radical (unpaired) electrons. The third kappa shape index (κ3) is 4.35. The van der Waals surface area contributed by atoms with Crippen LogP contribution in [0.5, 0.6) is 5.75 Å². The molecule has 6 atom stereocenters. The quantitative estimate of drug-likeness (QED) is 0.186. The highest BCUT2D eigenvalue weighted by Crippen LogP contribution is 2.64. The van der Waals surface area contributed by atoms with E-state index in [2.05, 4.69) is 5.43 Å². The minimum Gasteiger partial charge on any atom is -0.508 e. The Balaban J connectivity index is 1.31. The number of carbonyl (C=O) groups excluding carboxylic acids is 4. The van der Waals surface area contributed by atoms with E-state index in [1.807, 2.05) is 73.7 Å². The third-order valence-corrected chi connectivity index (χ3v) is 10.9. The smallest absolute Gasteiger partial charge is 0.260 e. The molecule has 4 aromatic rings. The lowest BCUT2D eigenvalue weighted by Crippen LogP contribution is -2.53. The van der Waals surface area contributed by atoms with Gasteiger partial charge in [0.05, 0.1) is 34.5 Å². The first-order chi connectivity index (χ1) is 23.2. The topological polar surface area (TPSA) is 107 Å². The van der Waals surface area contributed by atoms with Gasteiger partial charge >= 0.3 is 0 Å². The Morgan fingerprint density at radius 2 is 1.54 bits per heavy atom. The second-order valence-electron chi connectivity index (χ2n) is 13.2. The number of imide groups is 2. The molecule has 0 spiro atoms. The van der Waals surface area contributed by atoms with Gasteiger partial charge < -0.3 is 5.11 Å². The lowest BCUT2D eigenvalue weighted by Gasteiger charge is -2.50. The van der Waals surface area contributed by atoms with Crippen LogP contribution >= 0.6 is 11.6 Å². The zero-order valence-electron chi connectivity index (χ0n) is 26.0. The van der Waals surface area contributed by atoms with Gasteiger partial charge in [0.2, 0.25) is 11.8 Å². The van der Waals surface area contributed by atoms with Crippen molar-refractivity contribution in [2.75, 3.05) is 10.3 Å². The van der Waals surface area contributed by atoms with Gasteiger partial charge in [-0.25, -0.2) is 0 Å². The molecule has 48 heavy (non-hydrogen) atoms. The molecule has 9 heteroatoms. The average Bonchev–Trinajstić information content (AvgIpc) is 3.47. The molecule has 0 bridgehead atoms. The van der Waals surface area contributed by atoms with E-state index in [1.54, 1.807) is 42.5 Å². The van der Waals surface area contributed by atoms with Crippen molar-refractivity contribution in [3.05, 3.63) is 136 Å². The standard InChI is InChI=1S/C39H32ClN3O5/c1-22-10-14-26(15-11-22)41-43-36(46)32-21-31-29(18-19-30-33(31)37(47)42(35(30)45)27-16-12-25(40)13-17-27)34(23-6-5-9-28(44)20-23)39(32,38(43)48)24-7-3-2-4-8-24/h2-18,20,30-34,41,44H,19,21H2,1H3/t30-,31+,32-,33-,34-,39+/m0/s1. The second kappa shape index (κ2) is 11.2. The van der Waals surface area contributed by atoms with Crippen molar-refractivity contribution >= 4 is 46.6 Å². The third-order valence-electron chi connectivity index (χ3n) is 10.7. The van der Waals surface area contributed by atoms with Crippen molar-refractivity contribution in [2.45, 2.75) is 31.1 Å². The maximum Gasteiger partial charge on any atom is 0.260 e. The monoisotopic (exact) mass is 657 g/mol. The van der Waals surface area contributed by atoms with Crippen molar-refractivity contribution in [1.82, 2.24) is 5.01 Å². The van der Waals surface area contributed by atoms with Gasteiger partial charge in [-0.3, -0.25) is 29.5 Å². The fourth-order valence-electron chi connectivity index (χ4n) is 8.67. The predicted molar refractivity (Wildman–Crippen MR) is 181 cm³/mol. The number of allylic oxidation sites excluding steroid dienone is 2. The van der Waals surface area contributed by atoms with Crippen LogP contribution in [0.1, 0.15) is 35.4 Å². The zero-order chi connectivity index (χ0) is 33.3. The summed E-state index contributed by atoms with van der Waals surface area (Å²) in [5, 5.41) is 12.3. The molecule has 4 aliphatic rings. The summed E-state index contributed by atoms with van der Waals surface area (Å²) < 4.78 is 0. The van der Waals surface area contributed by atoms with Crippen molar-refractivity contribution in [3.8, 4) is 5.75 Å². The molecular weight excluding hydrogens is 626 g/mol. The number of nitrogens with one attached hydrogen (secondary N) is 1. The number of hydrogen-bond acceptors (Lipinski definition) is 6. The Labute approximate surface area is 282 Å². The number of fused-ring (bicyclic) bond motifs is 4. The summed E-state index contributed by atoms with van der Waals surface area (Å²) in [7, 11) is 0. The summed E-state index contributed by atoms with van der Waals surface area (Å²) in [6.45, 7) is 1.96. The van der Waals surface area contributed by atoms with Crippen molar-refractivity contribution in [2.24, 2.45) is 23.7 Å². The Hall–Kier alpha value is -5.21. The zero-order valence-corrected chi connectivity index (χ0v) is 26.8. The number of phenols is 1. The van der Waals surface area contributed by atoms with Crippen molar-refractivity contribution < 1.29 is 24.3 Å². The molecule has 2 N–H and O–H groups in total. The van der Waals surface area contributed by atoms with Gasteiger partial charge in [-0.05, 0) is 85.3 Å². The van der Waals surface area contributed by atoms with Crippen LogP contribution in [0.15, 0.2) is 115 Å². The summed E-state index contributed by atoms with van der Waals surface area (Å²) in [5.41, 5.74) is 5.95. The molecule has 4 aromatic carbocycles. The molecule has 2 aliphatic heterocycles. The van der Waals surface area contributed by atoms with E-state index in [4.69, 9.17) is 11.6 Å². The van der Waals surface area contributed by atoms with Gasteiger partial charge in [0.1, 0.15) is 5.75 Å². The van der Waals surface area contributed by atoms with Gasteiger partial charge in [0.25, 0.3) is 11.8 Å². The van der Waals surface area contributed by atoms with Gasteiger partial charge in [-0.2, -0.15) is 5.01 Å². The number of aryl methyl sites for hydroxylation is 1. The fourth-order valence-corrected chi connectivity index (χ4v) is 8.80. The molecule has 240 valence electrons. The molecule has 0 unspecified atom stereocenters. The summed E-state index contributed by atoms with van der Waals surface area (Å²) in [4.78, 5) is 59.3. The molecule has 4 amide bonds. The Bertz CT molecular complexity index is 2010. The first-order valence-corrected chi connectivity index (χ1v) is 16.5. The van der Waals surface area contributed by atoms with Crippen molar-refractivity contribution in [3.63, 3.8) is 0 Å². The van der Waals surface area contributed by atoms with E-state index >= 15 is 4.79 Å². The summed E-state index contributed by atoms with van der Waals surface area (Å²) in [5.74, 6) is -4.79. The number of benzene rings is 4.